The average Bonchev–Trinajstić information content (AvgIpc) is 3.22. The Labute approximate surface area is 181 Å². The molecule has 1 aromatic heterocycles. The summed E-state index contributed by atoms with van der Waals surface area (Å²) in [6, 6.07) is 17.1. The number of rotatable bonds is 6. The summed E-state index contributed by atoms with van der Waals surface area (Å²) in [5.41, 5.74) is 5.03. The fourth-order valence-electron chi connectivity index (χ4n) is 3.08. The minimum Gasteiger partial charge on any atom is -0.344 e. The first-order valence-corrected chi connectivity index (χ1v) is 10.7. The Morgan fingerprint density at radius 2 is 1.70 bits per heavy atom. The molecule has 1 atom stereocenters. The van der Waals surface area contributed by atoms with Crippen LogP contribution in [0.15, 0.2) is 65.7 Å². The van der Waals surface area contributed by atoms with Crippen LogP contribution in [0.3, 0.4) is 0 Å². The monoisotopic (exact) mass is 418 g/mol. The van der Waals surface area contributed by atoms with Crippen molar-refractivity contribution in [1.82, 2.24) is 10.6 Å². The number of nitrogens with one attached hydrogen (secondary N) is 2. The first-order chi connectivity index (χ1) is 14.3. The molecule has 0 aliphatic rings. The molecule has 0 unspecified atom stereocenters. The summed E-state index contributed by atoms with van der Waals surface area (Å²) in [5, 5.41) is 7.75. The standard InChI is InChI=1S/C25H26N2O2S/c1-16-11-12-20(14-18(16)3)19(4)26-25(29)23(15-21-9-7-13-30-21)27-24(28)22-10-6-5-8-17(22)2/h5-15,19H,1-4H3,(H,26,29)(H,27,28)/b23-15-/t19-/m1/s1. The lowest BCUT2D eigenvalue weighted by atomic mass is 10.0. The Morgan fingerprint density at radius 3 is 2.37 bits per heavy atom. The molecule has 0 radical (unpaired) electrons. The lowest BCUT2D eigenvalue weighted by Crippen LogP contribution is -2.36. The Bertz CT molecular complexity index is 1080. The average molecular weight is 419 g/mol. The van der Waals surface area contributed by atoms with Gasteiger partial charge in [0.1, 0.15) is 5.70 Å². The number of thiophene rings is 1. The summed E-state index contributed by atoms with van der Waals surface area (Å²) in [6.07, 6.45) is 1.71. The molecule has 0 spiro atoms. The second-order valence-electron chi connectivity index (χ2n) is 7.38. The minimum atomic E-state index is -0.323. The van der Waals surface area contributed by atoms with Crippen LogP contribution < -0.4 is 10.6 Å². The first kappa shape index (κ1) is 21.5. The molecule has 0 aliphatic carbocycles. The molecule has 4 nitrogen and oxygen atoms in total. The summed E-state index contributed by atoms with van der Waals surface area (Å²) < 4.78 is 0. The van der Waals surface area contributed by atoms with Gasteiger partial charge in [-0.05, 0) is 73.5 Å². The van der Waals surface area contributed by atoms with Crippen LogP contribution in [0, 0.1) is 20.8 Å². The van der Waals surface area contributed by atoms with Gasteiger partial charge in [0.2, 0.25) is 0 Å². The van der Waals surface area contributed by atoms with Gasteiger partial charge < -0.3 is 10.6 Å². The van der Waals surface area contributed by atoms with Crippen molar-refractivity contribution in [3.63, 3.8) is 0 Å². The molecule has 0 bridgehead atoms. The van der Waals surface area contributed by atoms with Gasteiger partial charge in [0, 0.05) is 10.4 Å². The fourth-order valence-corrected chi connectivity index (χ4v) is 3.74. The van der Waals surface area contributed by atoms with Crippen molar-refractivity contribution < 1.29 is 9.59 Å². The molecule has 2 aromatic carbocycles. The maximum Gasteiger partial charge on any atom is 0.268 e. The summed E-state index contributed by atoms with van der Waals surface area (Å²) in [4.78, 5) is 26.8. The molecular formula is C25H26N2O2S. The normalized spacial score (nSPS) is 12.3. The van der Waals surface area contributed by atoms with E-state index in [9.17, 15) is 9.59 Å². The Kier molecular flexibility index (Phi) is 6.85. The molecule has 0 saturated heterocycles. The molecular weight excluding hydrogens is 392 g/mol. The summed E-state index contributed by atoms with van der Waals surface area (Å²) in [6.45, 7) is 7.93. The molecule has 3 rings (SSSR count). The first-order valence-electron chi connectivity index (χ1n) is 9.85. The third kappa shape index (κ3) is 5.24. The van der Waals surface area contributed by atoms with Crippen LogP contribution >= 0.6 is 11.3 Å². The summed E-state index contributed by atoms with van der Waals surface area (Å²) in [5.74, 6) is -0.624. The van der Waals surface area contributed by atoms with Gasteiger partial charge in [0.15, 0.2) is 0 Å². The van der Waals surface area contributed by atoms with Crippen LogP contribution in [0.5, 0.6) is 0 Å². The van der Waals surface area contributed by atoms with Crippen LogP contribution in [0.25, 0.3) is 6.08 Å². The van der Waals surface area contributed by atoms with Gasteiger partial charge in [-0.25, -0.2) is 0 Å². The lowest BCUT2D eigenvalue weighted by molar-refractivity contribution is -0.118. The summed E-state index contributed by atoms with van der Waals surface area (Å²) >= 11 is 1.51. The number of aryl methyl sites for hydroxylation is 3. The van der Waals surface area contributed by atoms with Crippen LogP contribution in [0.4, 0.5) is 0 Å². The van der Waals surface area contributed by atoms with E-state index in [1.165, 1.54) is 22.5 Å². The zero-order valence-corrected chi connectivity index (χ0v) is 18.5. The Morgan fingerprint density at radius 1 is 0.933 bits per heavy atom. The second-order valence-corrected chi connectivity index (χ2v) is 8.36. The molecule has 0 aliphatic heterocycles. The van der Waals surface area contributed by atoms with Crippen LogP contribution in [0.1, 0.15) is 50.5 Å². The van der Waals surface area contributed by atoms with Gasteiger partial charge in [0.05, 0.1) is 6.04 Å². The van der Waals surface area contributed by atoms with Gasteiger partial charge in [-0.3, -0.25) is 9.59 Å². The number of carbonyl (C=O) groups excluding carboxylic acids is 2. The van der Waals surface area contributed by atoms with E-state index in [1.54, 1.807) is 12.1 Å². The van der Waals surface area contributed by atoms with E-state index < -0.39 is 0 Å². The number of hydrogen-bond acceptors (Lipinski definition) is 3. The van der Waals surface area contributed by atoms with Crippen molar-refractivity contribution in [3.8, 4) is 0 Å². The molecule has 2 amide bonds. The van der Waals surface area contributed by atoms with Gasteiger partial charge in [0.25, 0.3) is 11.8 Å². The van der Waals surface area contributed by atoms with Crippen LogP contribution in [0.2, 0.25) is 0 Å². The van der Waals surface area contributed by atoms with E-state index in [-0.39, 0.29) is 23.6 Å². The zero-order chi connectivity index (χ0) is 21.7. The van der Waals surface area contributed by atoms with E-state index in [0.717, 1.165) is 16.0 Å². The van der Waals surface area contributed by atoms with Gasteiger partial charge in [-0.1, -0.05) is 42.5 Å². The highest BCUT2D eigenvalue weighted by Gasteiger charge is 2.18. The predicted molar refractivity (Wildman–Crippen MR) is 123 cm³/mol. The molecule has 2 N–H and O–H groups in total. The smallest absolute Gasteiger partial charge is 0.268 e. The van der Waals surface area contributed by atoms with Crippen molar-refractivity contribution in [3.05, 3.63) is 98.4 Å². The van der Waals surface area contributed by atoms with Crippen LogP contribution in [-0.2, 0) is 4.79 Å². The molecule has 1 heterocycles. The maximum absolute atomic E-state index is 13.1. The number of benzene rings is 2. The highest BCUT2D eigenvalue weighted by atomic mass is 32.1. The van der Waals surface area contributed by atoms with E-state index in [2.05, 4.69) is 36.6 Å². The second kappa shape index (κ2) is 9.55. The van der Waals surface area contributed by atoms with E-state index in [0.29, 0.717) is 5.56 Å². The van der Waals surface area contributed by atoms with Gasteiger partial charge >= 0.3 is 0 Å². The molecule has 3 aromatic rings. The zero-order valence-electron chi connectivity index (χ0n) is 17.7. The molecule has 0 saturated carbocycles. The highest BCUT2D eigenvalue weighted by Crippen LogP contribution is 2.18. The van der Waals surface area contributed by atoms with Crippen molar-refractivity contribution >= 4 is 29.2 Å². The molecule has 0 fully saturated rings. The largest absolute Gasteiger partial charge is 0.344 e. The van der Waals surface area contributed by atoms with Crippen molar-refractivity contribution in [1.29, 1.82) is 0 Å². The van der Waals surface area contributed by atoms with E-state index >= 15 is 0 Å². The number of hydrogen-bond donors (Lipinski definition) is 2. The summed E-state index contributed by atoms with van der Waals surface area (Å²) in [7, 11) is 0. The Hall–Kier alpha value is -3.18. The molecule has 5 heteroatoms. The Balaban J connectivity index is 1.83. The molecule has 30 heavy (non-hydrogen) atoms. The maximum atomic E-state index is 13.1. The van der Waals surface area contributed by atoms with Crippen molar-refractivity contribution in [2.75, 3.05) is 0 Å². The quantitative estimate of drug-likeness (QED) is 0.532. The highest BCUT2D eigenvalue weighted by molar-refractivity contribution is 7.10. The lowest BCUT2D eigenvalue weighted by Gasteiger charge is -2.18. The number of carbonyl (C=O) groups is 2. The third-order valence-electron chi connectivity index (χ3n) is 5.09. The fraction of sp³-hybridized carbons (Fsp3) is 0.200. The molecule has 154 valence electrons. The predicted octanol–water partition coefficient (Wildman–Crippen LogP) is 5.32. The minimum absolute atomic E-state index is 0.195. The third-order valence-corrected chi connectivity index (χ3v) is 5.91. The number of amides is 2. The topological polar surface area (TPSA) is 58.2 Å². The van der Waals surface area contributed by atoms with Crippen molar-refractivity contribution in [2.24, 2.45) is 0 Å². The van der Waals surface area contributed by atoms with E-state index in [4.69, 9.17) is 0 Å². The van der Waals surface area contributed by atoms with E-state index in [1.807, 2.05) is 55.6 Å². The SMILES string of the molecule is Cc1ccc([C@@H](C)NC(=O)/C(=C/c2cccs2)NC(=O)c2ccccc2C)cc1C. The van der Waals surface area contributed by atoms with Crippen molar-refractivity contribution in [2.45, 2.75) is 33.7 Å². The van der Waals surface area contributed by atoms with Gasteiger partial charge in [-0.15, -0.1) is 11.3 Å². The van der Waals surface area contributed by atoms with Gasteiger partial charge in [-0.2, -0.15) is 0 Å². The van der Waals surface area contributed by atoms with Crippen LogP contribution in [-0.4, -0.2) is 11.8 Å².